The van der Waals surface area contributed by atoms with E-state index in [1.165, 1.54) is 23.3 Å². The lowest BCUT2D eigenvalue weighted by Gasteiger charge is -2.23. The van der Waals surface area contributed by atoms with E-state index >= 15 is 0 Å². The van der Waals surface area contributed by atoms with Crippen molar-refractivity contribution in [2.24, 2.45) is 0 Å². The highest BCUT2D eigenvalue weighted by Crippen LogP contribution is 2.25. The molecule has 170 valence electrons. The Labute approximate surface area is 192 Å². The lowest BCUT2D eigenvalue weighted by Crippen LogP contribution is -2.33. The van der Waals surface area contributed by atoms with E-state index in [0.29, 0.717) is 17.4 Å². The molecule has 0 unspecified atom stereocenters. The number of aromatic nitrogens is 2. The van der Waals surface area contributed by atoms with E-state index in [-0.39, 0.29) is 18.0 Å². The minimum atomic E-state index is -0.318. The van der Waals surface area contributed by atoms with Gasteiger partial charge >= 0.3 is 0 Å². The van der Waals surface area contributed by atoms with Crippen LogP contribution in [0.4, 0.5) is 4.39 Å². The summed E-state index contributed by atoms with van der Waals surface area (Å²) in [6, 6.07) is 18.6. The molecule has 3 heterocycles. The van der Waals surface area contributed by atoms with Crippen LogP contribution in [0.5, 0.6) is 5.75 Å². The fraction of sp³-hybridized carbons (Fsp3) is 0.296. The molecule has 0 saturated carbocycles. The lowest BCUT2D eigenvalue weighted by atomic mass is 10.2. The van der Waals surface area contributed by atoms with Gasteiger partial charge in [-0.25, -0.2) is 4.39 Å². The van der Waals surface area contributed by atoms with E-state index in [2.05, 4.69) is 41.5 Å². The zero-order valence-electron chi connectivity index (χ0n) is 19.0. The predicted octanol–water partition coefficient (Wildman–Crippen LogP) is 4.78. The number of ether oxygens (including phenoxy) is 1. The summed E-state index contributed by atoms with van der Waals surface area (Å²) in [5, 5.41) is 1.15. The summed E-state index contributed by atoms with van der Waals surface area (Å²) < 4.78 is 23.5. The average Bonchev–Trinajstić information content (AvgIpc) is 3.00. The number of nitrogens with zero attached hydrogens (tertiary/aromatic N) is 3. The van der Waals surface area contributed by atoms with Gasteiger partial charge < -0.3 is 9.30 Å². The SMILES string of the molecule is CC(C)N1CCc2cc3cc(-n4ccc(OCc5ccccc5F)cc4=O)ccc3n2CC1. The molecule has 0 radical (unpaired) electrons. The van der Waals surface area contributed by atoms with Gasteiger partial charge in [0.15, 0.2) is 0 Å². The summed E-state index contributed by atoms with van der Waals surface area (Å²) in [6.07, 6.45) is 2.73. The fourth-order valence-corrected chi connectivity index (χ4v) is 4.59. The van der Waals surface area contributed by atoms with Crippen LogP contribution in [0.2, 0.25) is 0 Å². The third-order valence-electron chi connectivity index (χ3n) is 6.49. The van der Waals surface area contributed by atoms with Crippen molar-refractivity contribution in [2.45, 2.75) is 39.5 Å². The summed E-state index contributed by atoms with van der Waals surface area (Å²) in [4.78, 5) is 15.3. The minimum Gasteiger partial charge on any atom is -0.489 e. The van der Waals surface area contributed by atoms with Crippen LogP contribution >= 0.6 is 0 Å². The highest BCUT2D eigenvalue weighted by atomic mass is 19.1. The summed E-state index contributed by atoms with van der Waals surface area (Å²) in [6.45, 7) is 7.66. The van der Waals surface area contributed by atoms with Crippen molar-refractivity contribution >= 4 is 10.9 Å². The van der Waals surface area contributed by atoms with Gasteiger partial charge in [0.25, 0.3) is 5.56 Å². The van der Waals surface area contributed by atoms with Crippen molar-refractivity contribution < 1.29 is 9.13 Å². The van der Waals surface area contributed by atoms with Crippen LogP contribution in [0.25, 0.3) is 16.6 Å². The maximum atomic E-state index is 13.8. The summed E-state index contributed by atoms with van der Waals surface area (Å²) >= 11 is 0. The molecule has 5 nitrogen and oxygen atoms in total. The molecule has 0 fully saturated rings. The smallest absolute Gasteiger partial charge is 0.258 e. The van der Waals surface area contributed by atoms with Crippen LogP contribution in [-0.4, -0.2) is 33.2 Å². The molecule has 2 aromatic carbocycles. The van der Waals surface area contributed by atoms with E-state index in [0.717, 1.165) is 37.1 Å². The molecule has 6 heteroatoms. The first-order chi connectivity index (χ1) is 16.0. The fourth-order valence-electron chi connectivity index (χ4n) is 4.59. The number of hydrogen-bond acceptors (Lipinski definition) is 3. The van der Waals surface area contributed by atoms with E-state index in [9.17, 15) is 9.18 Å². The number of halogens is 1. The Morgan fingerprint density at radius 1 is 1.00 bits per heavy atom. The molecule has 4 aromatic rings. The third kappa shape index (κ3) is 4.31. The second kappa shape index (κ2) is 8.87. The third-order valence-corrected chi connectivity index (χ3v) is 6.49. The Kier molecular flexibility index (Phi) is 5.77. The minimum absolute atomic E-state index is 0.0760. The molecule has 1 aliphatic heterocycles. The van der Waals surface area contributed by atoms with Gasteiger partial charge in [0.05, 0.1) is 0 Å². The molecule has 0 atom stereocenters. The molecule has 5 rings (SSSR count). The molecule has 0 N–H and O–H groups in total. The molecule has 2 aromatic heterocycles. The first-order valence-corrected chi connectivity index (χ1v) is 11.4. The Bertz CT molecular complexity index is 1360. The summed E-state index contributed by atoms with van der Waals surface area (Å²) in [5.41, 5.74) is 3.63. The van der Waals surface area contributed by atoms with Crippen LogP contribution in [0, 0.1) is 5.82 Å². The zero-order chi connectivity index (χ0) is 22.9. The van der Waals surface area contributed by atoms with Gasteiger partial charge in [0.2, 0.25) is 0 Å². The molecule has 0 saturated heterocycles. The molecule has 33 heavy (non-hydrogen) atoms. The van der Waals surface area contributed by atoms with Gasteiger partial charge in [-0.05, 0) is 50.2 Å². The van der Waals surface area contributed by atoms with Gasteiger partial charge in [-0.2, -0.15) is 0 Å². The summed E-state index contributed by atoms with van der Waals surface area (Å²) in [7, 11) is 0. The molecular formula is C27H28FN3O2. The van der Waals surface area contributed by atoms with Crippen molar-refractivity contribution in [3.05, 3.63) is 94.3 Å². The molecular weight excluding hydrogens is 417 g/mol. The Morgan fingerprint density at radius 2 is 1.85 bits per heavy atom. The van der Waals surface area contributed by atoms with Gasteiger partial charge in [-0.3, -0.25) is 14.3 Å². The highest BCUT2D eigenvalue weighted by Gasteiger charge is 2.18. The van der Waals surface area contributed by atoms with Gasteiger partial charge in [-0.15, -0.1) is 0 Å². The largest absolute Gasteiger partial charge is 0.489 e. The number of fused-ring (bicyclic) bond motifs is 3. The number of benzene rings is 2. The first-order valence-electron chi connectivity index (χ1n) is 11.4. The topological polar surface area (TPSA) is 39.4 Å². The molecule has 0 amide bonds. The van der Waals surface area contributed by atoms with Gasteiger partial charge in [0.1, 0.15) is 18.2 Å². The van der Waals surface area contributed by atoms with Crippen LogP contribution in [0.3, 0.4) is 0 Å². The molecule has 0 aliphatic carbocycles. The molecule has 0 spiro atoms. The normalized spacial score (nSPS) is 14.4. The van der Waals surface area contributed by atoms with E-state index < -0.39 is 0 Å². The van der Waals surface area contributed by atoms with Crippen molar-refractivity contribution in [3.8, 4) is 11.4 Å². The van der Waals surface area contributed by atoms with Crippen molar-refractivity contribution in [3.63, 3.8) is 0 Å². The molecule has 0 bridgehead atoms. The Hall–Kier alpha value is -3.38. The highest BCUT2D eigenvalue weighted by molar-refractivity contribution is 5.83. The lowest BCUT2D eigenvalue weighted by molar-refractivity contribution is 0.227. The van der Waals surface area contributed by atoms with E-state index in [4.69, 9.17) is 4.74 Å². The maximum Gasteiger partial charge on any atom is 0.258 e. The number of hydrogen-bond donors (Lipinski definition) is 0. The maximum absolute atomic E-state index is 13.8. The van der Waals surface area contributed by atoms with E-state index in [1.807, 2.05) is 6.07 Å². The second-order valence-corrected chi connectivity index (χ2v) is 8.86. The van der Waals surface area contributed by atoms with Crippen LogP contribution in [0.15, 0.2) is 71.7 Å². The average molecular weight is 446 g/mol. The van der Waals surface area contributed by atoms with E-state index in [1.54, 1.807) is 35.0 Å². The van der Waals surface area contributed by atoms with Crippen LogP contribution in [-0.2, 0) is 19.6 Å². The predicted molar refractivity (Wildman–Crippen MR) is 129 cm³/mol. The number of pyridine rings is 1. The zero-order valence-corrected chi connectivity index (χ0v) is 19.0. The molecule has 1 aliphatic rings. The standard InChI is InChI=1S/C27H28FN3O2/c1-19(2)29-11-9-23-16-21-15-22(7-8-26(21)30(23)14-13-29)31-12-10-24(17-27(31)32)33-18-20-5-3-4-6-25(20)28/h3-8,10,12,15-17,19H,9,11,13-14,18H2,1-2H3. The van der Waals surface area contributed by atoms with Crippen molar-refractivity contribution in [2.75, 3.05) is 13.1 Å². The quantitative estimate of drug-likeness (QED) is 0.444. The van der Waals surface area contributed by atoms with Crippen LogP contribution in [0.1, 0.15) is 25.1 Å². The van der Waals surface area contributed by atoms with Gasteiger partial charge in [-0.1, -0.05) is 18.2 Å². The monoisotopic (exact) mass is 445 g/mol. The number of rotatable bonds is 5. The Balaban J connectivity index is 1.37. The van der Waals surface area contributed by atoms with Gasteiger partial charge in [0, 0.05) is 72.2 Å². The second-order valence-electron chi connectivity index (χ2n) is 8.86. The summed E-state index contributed by atoms with van der Waals surface area (Å²) in [5.74, 6) is 0.105. The van der Waals surface area contributed by atoms with Crippen molar-refractivity contribution in [1.82, 2.24) is 14.0 Å². The Morgan fingerprint density at radius 3 is 2.64 bits per heavy atom. The first kappa shape index (κ1) is 21.5. The van der Waals surface area contributed by atoms with Crippen molar-refractivity contribution in [1.29, 1.82) is 0 Å². The van der Waals surface area contributed by atoms with Crippen LogP contribution < -0.4 is 10.3 Å².